The van der Waals surface area contributed by atoms with Crippen molar-refractivity contribution in [2.24, 2.45) is 0 Å². The maximum atomic E-state index is 13.8. The predicted octanol–water partition coefficient (Wildman–Crippen LogP) is 8.52. The van der Waals surface area contributed by atoms with Crippen LogP contribution in [0.1, 0.15) is 50.0 Å². The average molecular weight is 551 g/mol. The third-order valence-electron chi connectivity index (χ3n) is 5.39. The number of nitrogens with zero attached hydrogens (tertiary/aromatic N) is 2. The number of carbonyl (C=O) groups is 1. The molecular weight excluding hydrogens is 529 g/mol. The van der Waals surface area contributed by atoms with Gasteiger partial charge in [-0.3, -0.25) is 0 Å². The number of fused-ring (bicyclic) bond motifs is 1. The van der Waals surface area contributed by atoms with Crippen LogP contribution in [-0.4, -0.2) is 26.6 Å². The number of hydrogen-bond donors (Lipinski definition) is 1. The van der Waals surface area contributed by atoms with Crippen LogP contribution >= 0.6 is 34.5 Å². The molecule has 36 heavy (non-hydrogen) atoms. The quantitative estimate of drug-likeness (QED) is 0.243. The number of benzene rings is 2. The summed E-state index contributed by atoms with van der Waals surface area (Å²) < 4.78 is 34.1. The van der Waals surface area contributed by atoms with Crippen LogP contribution < -0.4 is 0 Å². The van der Waals surface area contributed by atoms with E-state index < -0.39 is 24.1 Å². The molecule has 5 nitrogen and oxygen atoms in total. The Morgan fingerprint density at radius 3 is 2.39 bits per heavy atom. The third-order valence-corrected chi connectivity index (χ3v) is 6.97. The highest BCUT2D eigenvalue weighted by molar-refractivity contribution is 7.22. The van der Waals surface area contributed by atoms with E-state index in [2.05, 4.69) is 9.97 Å². The van der Waals surface area contributed by atoms with Crippen LogP contribution in [0.3, 0.4) is 0 Å². The molecule has 0 fully saturated rings. The van der Waals surface area contributed by atoms with Crippen molar-refractivity contribution < 1.29 is 23.4 Å². The predicted molar refractivity (Wildman–Crippen MR) is 139 cm³/mol. The lowest BCUT2D eigenvalue weighted by atomic mass is 9.91. The Labute approximate surface area is 220 Å². The Hall–Kier alpha value is -2.65. The van der Waals surface area contributed by atoms with E-state index in [1.165, 1.54) is 17.4 Å². The number of rotatable bonds is 6. The molecule has 0 aliphatic carbocycles. The molecule has 0 spiro atoms. The minimum Gasteiger partial charge on any atom is -0.479 e. The molecule has 2 aromatic heterocycles. The first-order chi connectivity index (χ1) is 16.9. The van der Waals surface area contributed by atoms with Crippen molar-refractivity contribution in [3.63, 3.8) is 0 Å². The molecule has 2 heterocycles. The first kappa shape index (κ1) is 26.4. The lowest BCUT2D eigenvalue weighted by Crippen LogP contribution is -2.28. The highest BCUT2D eigenvalue weighted by atomic mass is 35.5. The number of pyridine rings is 1. The second-order valence-electron chi connectivity index (χ2n) is 9.20. The van der Waals surface area contributed by atoms with Crippen molar-refractivity contribution in [1.82, 2.24) is 9.97 Å². The maximum Gasteiger partial charge on any atom is 0.337 e. The van der Waals surface area contributed by atoms with Gasteiger partial charge in [0.2, 0.25) is 0 Å². The molecule has 4 rings (SSSR count). The normalized spacial score (nSPS) is 12.9. The number of aryl methyl sites for hydroxylation is 1. The van der Waals surface area contributed by atoms with Crippen LogP contribution in [0, 0.1) is 6.92 Å². The molecule has 1 atom stereocenters. The Bertz CT molecular complexity index is 1450. The monoisotopic (exact) mass is 550 g/mol. The fraction of sp³-hybridized carbons (Fsp3) is 0.269. The molecule has 4 aromatic rings. The summed E-state index contributed by atoms with van der Waals surface area (Å²) in [7, 11) is 0. The number of ether oxygens (including phenoxy) is 1. The van der Waals surface area contributed by atoms with Crippen molar-refractivity contribution in [2.75, 3.05) is 0 Å². The van der Waals surface area contributed by atoms with Crippen molar-refractivity contribution in [3.05, 3.63) is 69.5 Å². The smallest absolute Gasteiger partial charge is 0.337 e. The molecule has 0 aliphatic rings. The Morgan fingerprint density at radius 1 is 1.14 bits per heavy atom. The summed E-state index contributed by atoms with van der Waals surface area (Å²) in [5, 5.41) is 11.0. The number of thiazole rings is 1. The summed E-state index contributed by atoms with van der Waals surface area (Å²) in [6.45, 7) is 7.12. The molecule has 0 radical (unpaired) electrons. The zero-order valence-corrected chi connectivity index (χ0v) is 22.1. The fourth-order valence-electron chi connectivity index (χ4n) is 3.95. The standard InChI is InChI=1S/C26H22Cl2F2N2O3S/c1-12-9-17-22(36-24(32-17)15-10-18(28)31-11-16(15)23(29)30)20(13-5-7-14(27)8-6-13)19(12)21(25(33)34)35-26(2,3)4/h5-11,21,23H,1-4H3,(H,33,34). The summed E-state index contributed by atoms with van der Waals surface area (Å²) in [6.07, 6.45) is -3.01. The lowest BCUT2D eigenvalue weighted by molar-refractivity contribution is -0.160. The van der Waals surface area contributed by atoms with Crippen molar-refractivity contribution in [3.8, 4) is 21.7 Å². The number of hydrogen-bond acceptors (Lipinski definition) is 5. The molecular formula is C26H22Cl2F2N2O3S. The van der Waals surface area contributed by atoms with Gasteiger partial charge >= 0.3 is 5.97 Å². The largest absolute Gasteiger partial charge is 0.479 e. The van der Waals surface area contributed by atoms with Gasteiger partial charge < -0.3 is 9.84 Å². The van der Waals surface area contributed by atoms with Crippen molar-refractivity contribution >= 4 is 50.7 Å². The average Bonchev–Trinajstić information content (AvgIpc) is 3.20. The minimum atomic E-state index is -2.78. The van der Waals surface area contributed by atoms with Gasteiger partial charge in [-0.25, -0.2) is 23.5 Å². The van der Waals surface area contributed by atoms with E-state index in [-0.39, 0.29) is 16.3 Å². The maximum absolute atomic E-state index is 13.8. The summed E-state index contributed by atoms with van der Waals surface area (Å²) in [5.74, 6) is -1.15. The van der Waals surface area contributed by atoms with E-state index in [1.807, 2.05) is 0 Å². The second-order valence-corrected chi connectivity index (χ2v) is 11.0. The first-order valence-electron chi connectivity index (χ1n) is 10.9. The van der Waals surface area contributed by atoms with Gasteiger partial charge in [-0.2, -0.15) is 0 Å². The molecule has 188 valence electrons. The Balaban J connectivity index is 2.07. The molecule has 0 amide bonds. The molecule has 0 saturated heterocycles. The number of carboxylic acids is 1. The second kappa shape index (κ2) is 10.0. The van der Waals surface area contributed by atoms with E-state index in [0.717, 1.165) is 6.20 Å². The van der Waals surface area contributed by atoms with Crippen LogP contribution in [0.2, 0.25) is 10.2 Å². The van der Waals surface area contributed by atoms with Crippen molar-refractivity contribution in [2.45, 2.75) is 45.8 Å². The van der Waals surface area contributed by atoms with Gasteiger partial charge in [0.05, 0.1) is 15.8 Å². The van der Waals surface area contributed by atoms with Gasteiger partial charge in [-0.15, -0.1) is 11.3 Å². The SMILES string of the molecule is Cc1cc2nc(-c3cc(Cl)ncc3C(F)F)sc2c(-c2ccc(Cl)cc2)c1C(OC(C)(C)C)C(=O)O. The van der Waals surface area contributed by atoms with E-state index in [9.17, 15) is 18.7 Å². The number of aromatic nitrogens is 2. The molecule has 1 N–H and O–H groups in total. The zero-order valence-electron chi connectivity index (χ0n) is 19.8. The number of carboxylic acid groups (broad SMARTS) is 1. The fourth-order valence-corrected chi connectivity index (χ4v) is 5.40. The summed E-state index contributed by atoms with van der Waals surface area (Å²) in [6, 6.07) is 10.1. The van der Waals surface area contributed by atoms with E-state index in [1.54, 1.807) is 58.0 Å². The molecule has 2 aromatic carbocycles. The summed E-state index contributed by atoms with van der Waals surface area (Å²) in [4.78, 5) is 20.8. The van der Waals surface area contributed by atoms with E-state index in [4.69, 9.17) is 27.9 Å². The van der Waals surface area contributed by atoms with Crippen LogP contribution in [-0.2, 0) is 9.53 Å². The van der Waals surface area contributed by atoms with Crippen LogP contribution in [0.25, 0.3) is 31.9 Å². The molecule has 0 saturated carbocycles. The van der Waals surface area contributed by atoms with Gasteiger partial charge in [0.1, 0.15) is 10.2 Å². The van der Waals surface area contributed by atoms with Crippen molar-refractivity contribution in [1.29, 1.82) is 0 Å². The Morgan fingerprint density at radius 2 is 1.81 bits per heavy atom. The zero-order chi connectivity index (χ0) is 26.4. The van der Waals surface area contributed by atoms with Gasteiger partial charge in [0, 0.05) is 33.5 Å². The number of aliphatic carboxylic acids is 1. The molecule has 1 unspecified atom stereocenters. The van der Waals surface area contributed by atoms with E-state index >= 15 is 0 Å². The molecule has 10 heteroatoms. The first-order valence-corrected chi connectivity index (χ1v) is 12.5. The van der Waals surface area contributed by atoms with Crippen LogP contribution in [0.5, 0.6) is 0 Å². The summed E-state index contributed by atoms with van der Waals surface area (Å²) >= 11 is 13.3. The topological polar surface area (TPSA) is 72.3 Å². The number of halogens is 4. The minimum absolute atomic E-state index is 0.0629. The van der Waals surface area contributed by atoms with Gasteiger partial charge in [0.25, 0.3) is 6.43 Å². The highest BCUT2D eigenvalue weighted by Crippen LogP contribution is 2.45. The van der Waals surface area contributed by atoms with Crippen LogP contribution in [0.15, 0.2) is 42.6 Å². The van der Waals surface area contributed by atoms with Crippen LogP contribution in [0.4, 0.5) is 8.78 Å². The van der Waals surface area contributed by atoms with E-state index in [0.29, 0.717) is 42.5 Å². The number of alkyl halides is 2. The van der Waals surface area contributed by atoms with Gasteiger partial charge in [-0.1, -0.05) is 35.3 Å². The highest BCUT2D eigenvalue weighted by Gasteiger charge is 2.32. The third kappa shape index (κ3) is 5.37. The lowest BCUT2D eigenvalue weighted by Gasteiger charge is -2.28. The van der Waals surface area contributed by atoms with Gasteiger partial charge in [-0.05, 0) is 63.1 Å². The Kier molecular flexibility index (Phi) is 7.35. The molecule has 0 bridgehead atoms. The summed E-state index contributed by atoms with van der Waals surface area (Å²) in [5.41, 5.74) is 2.07. The van der Waals surface area contributed by atoms with Gasteiger partial charge in [0.15, 0.2) is 6.10 Å². The molecule has 0 aliphatic heterocycles.